The summed E-state index contributed by atoms with van der Waals surface area (Å²) in [7, 11) is 1.66. The van der Waals surface area contributed by atoms with Crippen LogP contribution in [0.15, 0.2) is 41.7 Å². The van der Waals surface area contributed by atoms with Gasteiger partial charge in [-0.25, -0.2) is 0 Å². The summed E-state index contributed by atoms with van der Waals surface area (Å²) >= 11 is 0. The molecule has 0 aliphatic heterocycles. The van der Waals surface area contributed by atoms with Crippen LogP contribution < -0.4 is 4.74 Å². The van der Waals surface area contributed by atoms with Crippen LogP contribution in [0.2, 0.25) is 0 Å². The van der Waals surface area contributed by atoms with Crippen LogP contribution in [0.4, 0.5) is 0 Å². The number of pyridine rings is 1. The Kier molecular flexibility index (Phi) is 2.94. The predicted octanol–water partition coefficient (Wildman–Crippen LogP) is 3.99. The van der Waals surface area contributed by atoms with Gasteiger partial charge in [-0.05, 0) is 48.2 Å². The van der Waals surface area contributed by atoms with E-state index < -0.39 is 0 Å². The highest BCUT2D eigenvalue weighted by atomic mass is 16.5. The summed E-state index contributed by atoms with van der Waals surface area (Å²) in [5, 5.41) is 16.2. The number of aryl methyl sites for hydroxylation is 1. The molecule has 2 heterocycles. The molecule has 0 aliphatic rings. The van der Waals surface area contributed by atoms with Crippen LogP contribution in [0.25, 0.3) is 32.6 Å². The Hall–Kier alpha value is -3.08. The third-order valence-electron chi connectivity index (χ3n) is 4.31. The van der Waals surface area contributed by atoms with Gasteiger partial charge in [0.15, 0.2) is 0 Å². The number of nitrogens with one attached hydrogen (secondary N) is 1. The van der Waals surface area contributed by atoms with E-state index in [1.165, 1.54) is 6.21 Å². The maximum atomic E-state index is 8.87. The number of hydrogen-bond donors (Lipinski definition) is 2. The van der Waals surface area contributed by atoms with Gasteiger partial charge in [-0.2, -0.15) is 0 Å². The highest BCUT2D eigenvalue weighted by molar-refractivity contribution is 6.15. The first-order valence-corrected chi connectivity index (χ1v) is 7.28. The van der Waals surface area contributed by atoms with Gasteiger partial charge in [0.2, 0.25) is 0 Å². The summed E-state index contributed by atoms with van der Waals surface area (Å²) in [5.74, 6) is 0.819. The molecule has 0 fully saturated rings. The lowest BCUT2D eigenvalue weighted by Crippen LogP contribution is -1.91. The summed E-state index contributed by atoms with van der Waals surface area (Å²) < 4.78 is 5.34. The summed E-state index contributed by atoms with van der Waals surface area (Å²) in [6.07, 6.45) is 3.09. The first kappa shape index (κ1) is 13.6. The highest BCUT2D eigenvalue weighted by Gasteiger charge is 2.12. The number of benzene rings is 2. The SMILES string of the molecule is COc1ccc2[nH]c3c(C)c4ccnc(/C=N/O)c4cc3c2c1. The summed E-state index contributed by atoms with van der Waals surface area (Å²) in [6.45, 7) is 2.08. The third-order valence-corrected chi connectivity index (χ3v) is 4.31. The Balaban J connectivity index is 2.19. The number of methoxy groups -OCH3 is 1. The lowest BCUT2D eigenvalue weighted by atomic mass is 10.0. The third kappa shape index (κ3) is 1.93. The van der Waals surface area contributed by atoms with Crippen LogP contribution in [0.1, 0.15) is 11.3 Å². The molecule has 2 aromatic carbocycles. The molecule has 0 spiro atoms. The minimum atomic E-state index is 0.646. The number of hydrogen-bond acceptors (Lipinski definition) is 4. The average molecular weight is 305 g/mol. The molecule has 0 saturated carbocycles. The maximum Gasteiger partial charge on any atom is 0.119 e. The van der Waals surface area contributed by atoms with Gasteiger partial charge in [0, 0.05) is 27.9 Å². The van der Waals surface area contributed by atoms with Crippen LogP contribution in [-0.2, 0) is 0 Å². The van der Waals surface area contributed by atoms with E-state index >= 15 is 0 Å². The van der Waals surface area contributed by atoms with E-state index in [9.17, 15) is 0 Å². The molecule has 114 valence electrons. The average Bonchev–Trinajstić information content (AvgIpc) is 2.94. The van der Waals surface area contributed by atoms with Crippen LogP contribution in [0.3, 0.4) is 0 Å². The first-order chi connectivity index (χ1) is 11.2. The van der Waals surface area contributed by atoms with Gasteiger partial charge in [0.1, 0.15) is 5.75 Å². The van der Waals surface area contributed by atoms with E-state index in [1.54, 1.807) is 13.3 Å². The van der Waals surface area contributed by atoms with Crippen molar-refractivity contribution >= 4 is 38.8 Å². The Labute approximate surface area is 132 Å². The molecule has 0 saturated heterocycles. The van der Waals surface area contributed by atoms with Crippen molar-refractivity contribution < 1.29 is 9.94 Å². The second-order valence-corrected chi connectivity index (χ2v) is 5.50. The number of fused-ring (bicyclic) bond motifs is 4. The second kappa shape index (κ2) is 4.98. The zero-order valence-corrected chi connectivity index (χ0v) is 12.8. The second-order valence-electron chi connectivity index (χ2n) is 5.50. The van der Waals surface area contributed by atoms with Gasteiger partial charge in [0.25, 0.3) is 0 Å². The van der Waals surface area contributed by atoms with Gasteiger partial charge < -0.3 is 14.9 Å². The Morgan fingerprint density at radius 2 is 2.00 bits per heavy atom. The van der Waals surface area contributed by atoms with E-state index in [4.69, 9.17) is 9.94 Å². The molecule has 5 nitrogen and oxygen atoms in total. The van der Waals surface area contributed by atoms with E-state index in [0.717, 1.165) is 43.9 Å². The zero-order chi connectivity index (χ0) is 16.0. The Morgan fingerprint density at radius 1 is 1.13 bits per heavy atom. The van der Waals surface area contributed by atoms with Crippen molar-refractivity contribution in [2.75, 3.05) is 7.11 Å². The molecule has 0 unspecified atom stereocenters. The van der Waals surface area contributed by atoms with Gasteiger partial charge in [-0.1, -0.05) is 5.16 Å². The molecule has 4 aromatic rings. The number of nitrogens with zero attached hydrogens (tertiary/aromatic N) is 2. The van der Waals surface area contributed by atoms with Gasteiger partial charge in [-0.15, -0.1) is 0 Å². The largest absolute Gasteiger partial charge is 0.497 e. The first-order valence-electron chi connectivity index (χ1n) is 7.28. The lowest BCUT2D eigenvalue weighted by molar-refractivity contribution is 0.321. The van der Waals surface area contributed by atoms with E-state index in [0.29, 0.717) is 5.69 Å². The molecule has 23 heavy (non-hydrogen) atoms. The monoisotopic (exact) mass is 305 g/mol. The van der Waals surface area contributed by atoms with Gasteiger partial charge >= 0.3 is 0 Å². The summed E-state index contributed by atoms with van der Waals surface area (Å²) in [5.41, 5.74) is 3.94. The Morgan fingerprint density at radius 3 is 2.78 bits per heavy atom. The van der Waals surface area contributed by atoms with Crippen molar-refractivity contribution in [1.82, 2.24) is 9.97 Å². The number of ether oxygens (including phenoxy) is 1. The van der Waals surface area contributed by atoms with Crippen LogP contribution in [0, 0.1) is 6.92 Å². The predicted molar refractivity (Wildman–Crippen MR) is 91.8 cm³/mol. The number of aromatic nitrogens is 2. The fraction of sp³-hybridized carbons (Fsp3) is 0.111. The molecule has 0 atom stereocenters. The lowest BCUT2D eigenvalue weighted by Gasteiger charge is -2.06. The standard InChI is InChI=1S/C18H15N3O2/c1-10-12-5-6-19-17(9-20-22)14(12)8-15-13-7-11(23-2)3-4-16(13)21-18(10)15/h3-9,21-22H,1-2H3/b20-9+. The van der Waals surface area contributed by atoms with Crippen molar-refractivity contribution in [3.8, 4) is 5.75 Å². The molecular formula is C18H15N3O2. The van der Waals surface area contributed by atoms with Crippen LogP contribution >= 0.6 is 0 Å². The number of rotatable bonds is 2. The topological polar surface area (TPSA) is 70.5 Å². The van der Waals surface area contributed by atoms with Crippen LogP contribution in [-0.4, -0.2) is 28.5 Å². The minimum absolute atomic E-state index is 0.646. The molecule has 4 rings (SSSR count). The molecule has 2 aromatic heterocycles. The smallest absolute Gasteiger partial charge is 0.119 e. The fourth-order valence-electron chi connectivity index (χ4n) is 3.17. The maximum absolute atomic E-state index is 8.87. The molecule has 0 amide bonds. The van der Waals surface area contributed by atoms with Crippen molar-refractivity contribution in [2.24, 2.45) is 5.16 Å². The Bertz CT molecular complexity index is 1080. The highest BCUT2D eigenvalue weighted by Crippen LogP contribution is 2.34. The van der Waals surface area contributed by atoms with Crippen molar-refractivity contribution in [2.45, 2.75) is 6.92 Å². The fourth-order valence-corrected chi connectivity index (χ4v) is 3.17. The van der Waals surface area contributed by atoms with Crippen molar-refractivity contribution in [3.05, 3.63) is 47.8 Å². The molecular weight excluding hydrogens is 290 g/mol. The summed E-state index contributed by atoms with van der Waals surface area (Å²) in [6, 6.07) is 10.0. The number of oxime groups is 1. The summed E-state index contributed by atoms with van der Waals surface area (Å²) in [4.78, 5) is 7.78. The molecule has 5 heteroatoms. The van der Waals surface area contributed by atoms with E-state index in [1.807, 2.05) is 24.3 Å². The van der Waals surface area contributed by atoms with Crippen molar-refractivity contribution in [1.29, 1.82) is 0 Å². The van der Waals surface area contributed by atoms with Gasteiger partial charge in [0.05, 0.1) is 24.5 Å². The molecule has 0 aliphatic carbocycles. The quantitative estimate of drug-likeness (QED) is 0.334. The molecule has 0 bridgehead atoms. The molecule has 2 N–H and O–H groups in total. The van der Waals surface area contributed by atoms with Crippen molar-refractivity contribution in [3.63, 3.8) is 0 Å². The van der Waals surface area contributed by atoms with E-state index in [2.05, 4.69) is 28.1 Å². The van der Waals surface area contributed by atoms with Gasteiger partial charge in [-0.3, -0.25) is 4.98 Å². The number of H-pyrrole nitrogens is 1. The molecule has 0 radical (unpaired) electrons. The number of aromatic amines is 1. The minimum Gasteiger partial charge on any atom is -0.497 e. The van der Waals surface area contributed by atoms with Crippen LogP contribution in [0.5, 0.6) is 5.75 Å². The zero-order valence-electron chi connectivity index (χ0n) is 12.8. The van der Waals surface area contributed by atoms with E-state index in [-0.39, 0.29) is 0 Å². The normalized spacial score (nSPS) is 11.9.